The molecule has 0 aliphatic carbocycles. The second-order valence-electron chi connectivity index (χ2n) is 13.3. The Morgan fingerprint density at radius 3 is 2.31 bits per heavy atom. The average Bonchev–Trinajstić information content (AvgIpc) is 3.55. The van der Waals surface area contributed by atoms with Gasteiger partial charge >= 0.3 is 12.2 Å². The average molecular weight is 619 g/mol. The summed E-state index contributed by atoms with van der Waals surface area (Å²) in [6.45, 7) is 14.9. The molecular weight excluding hydrogens is 576 g/mol. The molecule has 5 heterocycles. The second-order valence-corrected chi connectivity index (χ2v) is 13.3. The summed E-state index contributed by atoms with van der Waals surface area (Å²) in [5, 5.41) is 7.73. The van der Waals surface area contributed by atoms with Crippen LogP contribution in [-0.2, 0) is 16.0 Å². The van der Waals surface area contributed by atoms with Gasteiger partial charge in [-0.3, -0.25) is 0 Å². The Hall–Kier alpha value is -4.68. The molecule has 0 unspecified atom stereocenters. The lowest BCUT2D eigenvalue weighted by Crippen LogP contribution is -2.42. The molecule has 13 heteroatoms. The standard InChI is InChI=1S/C32H42N8O5/c1-20-9-10-22(28(34-20)43-8)24-17-25(37-40(24)30(42)45-32(5,6)7)35-26-18-33-23-13-16-39(27(23)36-26)19-21-11-14-38(15-12-21)29(41)44-31(2,3)4/h9-10,13,16-18,21H,11-12,14-15,19H2,1-8H3,(H,35,36,37). The van der Waals surface area contributed by atoms with Crippen LogP contribution in [0.2, 0.25) is 0 Å². The van der Waals surface area contributed by atoms with E-state index in [0.717, 1.165) is 36.2 Å². The molecule has 1 fully saturated rings. The van der Waals surface area contributed by atoms with Crippen LogP contribution in [0.1, 0.15) is 60.1 Å². The van der Waals surface area contributed by atoms with Gasteiger partial charge in [0.25, 0.3) is 0 Å². The van der Waals surface area contributed by atoms with Crippen LogP contribution < -0.4 is 10.1 Å². The number of anilines is 2. The third-order valence-corrected chi connectivity index (χ3v) is 7.19. The van der Waals surface area contributed by atoms with E-state index < -0.39 is 17.3 Å². The molecule has 1 amide bonds. The molecule has 0 saturated carbocycles. The summed E-state index contributed by atoms with van der Waals surface area (Å²) in [4.78, 5) is 41.4. The van der Waals surface area contributed by atoms with E-state index >= 15 is 0 Å². The number of fused-ring (bicyclic) bond motifs is 1. The zero-order valence-electron chi connectivity index (χ0n) is 27.2. The number of carbonyl (C=O) groups is 2. The fourth-order valence-corrected chi connectivity index (χ4v) is 5.15. The summed E-state index contributed by atoms with van der Waals surface area (Å²) in [6.07, 6.45) is 4.45. The van der Waals surface area contributed by atoms with Crippen LogP contribution in [0.5, 0.6) is 5.88 Å². The molecule has 1 saturated heterocycles. The summed E-state index contributed by atoms with van der Waals surface area (Å²) in [5.41, 5.74) is 2.07. The van der Waals surface area contributed by atoms with Gasteiger partial charge in [0.15, 0.2) is 17.3 Å². The number of carbonyl (C=O) groups excluding carboxylic acids is 2. The number of amides is 1. The number of aryl methyl sites for hydroxylation is 1. The lowest BCUT2D eigenvalue weighted by atomic mass is 9.97. The number of aromatic nitrogens is 6. The Morgan fingerprint density at radius 1 is 0.956 bits per heavy atom. The molecule has 5 rings (SSSR count). The van der Waals surface area contributed by atoms with Crippen molar-refractivity contribution in [2.75, 3.05) is 25.5 Å². The van der Waals surface area contributed by atoms with Gasteiger partial charge in [-0.2, -0.15) is 4.68 Å². The molecule has 1 aliphatic rings. The molecule has 0 spiro atoms. The Labute approximate surface area is 262 Å². The maximum absolute atomic E-state index is 13.2. The molecule has 13 nitrogen and oxygen atoms in total. The van der Waals surface area contributed by atoms with E-state index in [1.165, 1.54) is 11.8 Å². The number of piperidine rings is 1. The first-order chi connectivity index (χ1) is 21.2. The number of hydrogen-bond donors (Lipinski definition) is 1. The lowest BCUT2D eigenvalue weighted by Gasteiger charge is -2.33. The number of hydrogen-bond acceptors (Lipinski definition) is 10. The van der Waals surface area contributed by atoms with E-state index in [2.05, 4.69) is 25.0 Å². The van der Waals surface area contributed by atoms with Crippen LogP contribution in [0.3, 0.4) is 0 Å². The minimum atomic E-state index is -0.724. The fourth-order valence-electron chi connectivity index (χ4n) is 5.15. The highest BCUT2D eigenvalue weighted by Gasteiger charge is 2.28. The Bertz CT molecular complexity index is 1690. The van der Waals surface area contributed by atoms with Crippen LogP contribution in [0.25, 0.3) is 22.4 Å². The molecular formula is C32H42N8O5. The summed E-state index contributed by atoms with van der Waals surface area (Å²) < 4.78 is 20.0. The quantitative estimate of drug-likeness (QED) is 0.266. The number of likely N-dealkylation sites (tertiary alicyclic amines) is 1. The number of rotatable bonds is 6. The summed E-state index contributed by atoms with van der Waals surface area (Å²) in [5.74, 6) is 1.58. The van der Waals surface area contributed by atoms with Crippen molar-refractivity contribution in [2.45, 2.75) is 79.1 Å². The highest BCUT2D eigenvalue weighted by atomic mass is 16.6. The molecule has 0 radical (unpaired) electrons. The minimum absolute atomic E-state index is 0.261. The predicted octanol–water partition coefficient (Wildman–Crippen LogP) is 6.18. The van der Waals surface area contributed by atoms with Crippen LogP contribution >= 0.6 is 0 Å². The van der Waals surface area contributed by atoms with E-state index in [0.29, 0.717) is 47.8 Å². The van der Waals surface area contributed by atoms with Crippen LogP contribution in [0, 0.1) is 12.8 Å². The van der Waals surface area contributed by atoms with Gasteiger partial charge in [-0.15, -0.1) is 5.10 Å². The fraction of sp³-hybridized carbons (Fsp3) is 0.500. The van der Waals surface area contributed by atoms with Gasteiger partial charge in [0.2, 0.25) is 5.88 Å². The van der Waals surface area contributed by atoms with Gasteiger partial charge in [-0.1, -0.05) is 0 Å². The van der Waals surface area contributed by atoms with E-state index in [-0.39, 0.29) is 6.09 Å². The number of nitrogens with zero attached hydrogens (tertiary/aromatic N) is 7. The third kappa shape index (κ3) is 7.70. The number of ether oxygens (including phenoxy) is 3. The van der Waals surface area contributed by atoms with Crippen LogP contribution in [0.15, 0.2) is 36.7 Å². The van der Waals surface area contributed by atoms with Gasteiger partial charge < -0.3 is 29.0 Å². The SMILES string of the molecule is COc1nc(C)ccc1-c1cc(Nc2cnc3ccn(CC4CCN(C(=O)OC(C)(C)C)CC4)c3n2)nn1C(=O)OC(C)(C)C. The first-order valence-corrected chi connectivity index (χ1v) is 15.1. The van der Waals surface area contributed by atoms with Crippen molar-refractivity contribution in [1.29, 1.82) is 0 Å². The molecule has 45 heavy (non-hydrogen) atoms. The molecule has 1 aliphatic heterocycles. The van der Waals surface area contributed by atoms with Crippen LogP contribution in [0.4, 0.5) is 21.2 Å². The van der Waals surface area contributed by atoms with E-state index in [4.69, 9.17) is 19.2 Å². The van der Waals surface area contributed by atoms with Crippen molar-refractivity contribution < 1.29 is 23.8 Å². The zero-order valence-corrected chi connectivity index (χ0v) is 27.2. The van der Waals surface area contributed by atoms with Crippen molar-refractivity contribution >= 4 is 35.0 Å². The number of pyridine rings is 1. The van der Waals surface area contributed by atoms with Gasteiger partial charge in [-0.05, 0) is 85.4 Å². The maximum atomic E-state index is 13.2. The van der Waals surface area contributed by atoms with E-state index in [1.54, 1.807) is 37.9 Å². The second kappa shape index (κ2) is 12.4. The normalized spacial score (nSPS) is 14.4. The smallest absolute Gasteiger partial charge is 0.435 e. The number of methoxy groups -OCH3 is 1. The van der Waals surface area contributed by atoms with E-state index in [9.17, 15) is 9.59 Å². The zero-order chi connectivity index (χ0) is 32.5. The third-order valence-electron chi connectivity index (χ3n) is 7.19. The van der Waals surface area contributed by atoms with Gasteiger partial charge in [0.05, 0.1) is 24.6 Å². The topological polar surface area (TPSA) is 139 Å². The van der Waals surface area contributed by atoms with Crippen molar-refractivity contribution in [1.82, 2.24) is 34.2 Å². The van der Waals surface area contributed by atoms with Crippen molar-refractivity contribution in [3.63, 3.8) is 0 Å². The molecule has 0 bridgehead atoms. The summed E-state index contributed by atoms with van der Waals surface area (Å²) >= 11 is 0. The molecule has 0 atom stereocenters. The minimum Gasteiger partial charge on any atom is -0.480 e. The molecule has 4 aromatic heterocycles. The van der Waals surface area contributed by atoms with Crippen molar-refractivity contribution in [3.05, 3.63) is 42.4 Å². The predicted molar refractivity (Wildman–Crippen MR) is 170 cm³/mol. The molecule has 4 aromatic rings. The monoisotopic (exact) mass is 618 g/mol. The van der Waals surface area contributed by atoms with Crippen molar-refractivity contribution in [3.8, 4) is 17.1 Å². The largest absolute Gasteiger partial charge is 0.480 e. The molecule has 1 N–H and O–H groups in total. The highest BCUT2D eigenvalue weighted by Crippen LogP contribution is 2.32. The Balaban J connectivity index is 1.36. The molecule has 0 aromatic carbocycles. The highest BCUT2D eigenvalue weighted by molar-refractivity contribution is 5.81. The maximum Gasteiger partial charge on any atom is 0.435 e. The van der Waals surface area contributed by atoms with Gasteiger partial charge in [-0.25, -0.2) is 24.5 Å². The summed E-state index contributed by atoms with van der Waals surface area (Å²) in [7, 11) is 1.53. The Kier molecular flexibility index (Phi) is 8.72. The Morgan fingerprint density at radius 2 is 1.64 bits per heavy atom. The van der Waals surface area contributed by atoms with E-state index in [1.807, 2.05) is 52.1 Å². The first-order valence-electron chi connectivity index (χ1n) is 15.1. The van der Waals surface area contributed by atoms with Crippen molar-refractivity contribution in [2.24, 2.45) is 5.92 Å². The lowest BCUT2D eigenvalue weighted by molar-refractivity contribution is 0.0178. The van der Waals surface area contributed by atoms with Gasteiger partial charge in [0.1, 0.15) is 16.7 Å². The summed E-state index contributed by atoms with van der Waals surface area (Å²) in [6, 6.07) is 7.34. The van der Waals surface area contributed by atoms with Crippen LogP contribution in [-0.4, -0.2) is 77.8 Å². The first kappa shape index (κ1) is 31.7. The molecule has 240 valence electrons. The number of nitrogens with one attached hydrogen (secondary N) is 1. The van der Waals surface area contributed by atoms with Gasteiger partial charge in [0, 0.05) is 37.6 Å².